The van der Waals surface area contributed by atoms with Gasteiger partial charge in [0.05, 0.1) is 13.2 Å². The molecule has 0 aromatic rings. The van der Waals surface area contributed by atoms with E-state index < -0.39 is 26.5 Å². The smallest absolute Gasteiger partial charge is 0.462 e. The van der Waals surface area contributed by atoms with E-state index in [0.717, 1.165) is 38.5 Å². The minimum atomic E-state index is -4.35. The van der Waals surface area contributed by atoms with Crippen LogP contribution < -0.4 is 5.73 Å². The summed E-state index contributed by atoms with van der Waals surface area (Å²) in [5, 5.41) is 0. The Balaban J connectivity index is 4.18. The van der Waals surface area contributed by atoms with Crippen molar-refractivity contribution in [2.45, 2.75) is 174 Å². The molecule has 0 rings (SSSR count). The highest BCUT2D eigenvalue weighted by atomic mass is 31.2. The molecule has 0 amide bonds. The number of rotatable bonds is 33. The van der Waals surface area contributed by atoms with E-state index in [4.69, 9.17) is 24.3 Å². The monoisotopic (exact) mass is 635 g/mol. The lowest BCUT2D eigenvalue weighted by atomic mass is 10.0. The SMILES string of the molecule is CCCCCCCCCCCCCCCCC(=O)OC[C@H](COP(=O)(O)OCCN)OC(=O)CCCCCCCCCC. The Bertz CT molecular complexity index is 694. The molecule has 0 radical (unpaired) electrons. The maximum atomic E-state index is 12.4. The zero-order valence-corrected chi connectivity index (χ0v) is 28.6. The van der Waals surface area contributed by atoms with Crippen LogP contribution in [0.4, 0.5) is 0 Å². The minimum Gasteiger partial charge on any atom is -0.462 e. The average molecular weight is 636 g/mol. The Morgan fingerprint density at radius 1 is 0.605 bits per heavy atom. The molecule has 0 aromatic heterocycles. The van der Waals surface area contributed by atoms with Gasteiger partial charge in [0.15, 0.2) is 6.10 Å². The standard InChI is InChI=1S/C33H66NO8P/c1-3-5-7-9-11-13-14-15-16-17-18-20-21-23-25-32(35)39-29-31(30-41-43(37,38)40-28-27-34)42-33(36)26-24-22-19-12-10-8-6-4-2/h31H,3-30,34H2,1-2H3,(H,37,38)/t31-/m1/s1. The second-order valence-corrected chi connectivity index (χ2v) is 13.2. The highest BCUT2D eigenvalue weighted by Gasteiger charge is 2.25. The van der Waals surface area contributed by atoms with E-state index in [0.29, 0.717) is 6.42 Å². The van der Waals surface area contributed by atoms with Crippen molar-refractivity contribution in [1.82, 2.24) is 0 Å². The molecule has 43 heavy (non-hydrogen) atoms. The van der Waals surface area contributed by atoms with Gasteiger partial charge < -0.3 is 20.1 Å². The molecule has 9 nitrogen and oxygen atoms in total. The predicted molar refractivity (Wildman–Crippen MR) is 174 cm³/mol. The molecule has 0 fully saturated rings. The molecule has 0 bridgehead atoms. The van der Waals surface area contributed by atoms with Crippen LogP contribution in [0, 0.1) is 0 Å². The maximum Gasteiger partial charge on any atom is 0.472 e. The Morgan fingerprint density at radius 2 is 1.00 bits per heavy atom. The summed E-state index contributed by atoms with van der Waals surface area (Å²) in [4.78, 5) is 34.5. The van der Waals surface area contributed by atoms with Gasteiger partial charge >= 0.3 is 19.8 Å². The first-order valence-electron chi connectivity index (χ1n) is 17.5. The maximum absolute atomic E-state index is 12.4. The molecule has 3 N–H and O–H groups in total. The van der Waals surface area contributed by atoms with Crippen molar-refractivity contribution in [3.8, 4) is 0 Å². The highest BCUT2D eigenvalue weighted by Crippen LogP contribution is 2.43. The number of carbonyl (C=O) groups excluding carboxylic acids is 2. The summed E-state index contributed by atoms with van der Waals surface area (Å²) in [7, 11) is -4.35. The fraction of sp³-hybridized carbons (Fsp3) is 0.939. The van der Waals surface area contributed by atoms with E-state index in [9.17, 15) is 19.0 Å². The summed E-state index contributed by atoms with van der Waals surface area (Å²) in [5.41, 5.74) is 5.31. The van der Waals surface area contributed by atoms with Crippen LogP contribution in [-0.4, -0.2) is 49.3 Å². The Kier molecular flexibility index (Phi) is 30.3. The van der Waals surface area contributed by atoms with E-state index >= 15 is 0 Å². The van der Waals surface area contributed by atoms with Crippen LogP contribution in [-0.2, 0) is 32.7 Å². The second-order valence-electron chi connectivity index (χ2n) is 11.8. The van der Waals surface area contributed by atoms with Crippen molar-refractivity contribution in [2.24, 2.45) is 5.73 Å². The summed E-state index contributed by atoms with van der Waals surface area (Å²) in [5.74, 6) is -0.826. The normalized spacial score (nSPS) is 13.5. The van der Waals surface area contributed by atoms with E-state index in [1.54, 1.807) is 0 Å². The zero-order valence-electron chi connectivity index (χ0n) is 27.7. The van der Waals surface area contributed by atoms with Gasteiger partial charge in [-0.3, -0.25) is 18.6 Å². The molecule has 0 spiro atoms. The Labute approximate surface area is 263 Å². The number of ether oxygens (including phenoxy) is 2. The predicted octanol–water partition coefficient (Wildman–Crippen LogP) is 8.94. The molecule has 10 heteroatoms. The van der Waals surface area contributed by atoms with Gasteiger partial charge in [0, 0.05) is 19.4 Å². The number of carbonyl (C=O) groups is 2. The van der Waals surface area contributed by atoms with E-state index in [-0.39, 0.29) is 38.6 Å². The summed E-state index contributed by atoms with van der Waals surface area (Å²) in [6.07, 6.45) is 25.7. The lowest BCUT2D eigenvalue weighted by Gasteiger charge is -2.19. The number of phosphoric ester groups is 1. The zero-order chi connectivity index (χ0) is 31.9. The number of nitrogens with two attached hydrogens (primary N) is 1. The van der Waals surface area contributed by atoms with Crippen molar-refractivity contribution in [2.75, 3.05) is 26.4 Å². The van der Waals surface area contributed by atoms with Crippen molar-refractivity contribution in [3.63, 3.8) is 0 Å². The molecular formula is C33H66NO8P. The van der Waals surface area contributed by atoms with Crippen LogP contribution >= 0.6 is 7.82 Å². The van der Waals surface area contributed by atoms with Crippen LogP contribution in [0.2, 0.25) is 0 Å². The van der Waals surface area contributed by atoms with Crippen LogP contribution in [0.3, 0.4) is 0 Å². The molecular weight excluding hydrogens is 569 g/mol. The van der Waals surface area contributed by atoms with Crippen LogP contribution in [0.15, 0.2) is 0 Å². The minimum absolute atomic E-state index is 0.0573. The van der Waals surface area contributed by atoms with Crippen LogP contribution in [0.25, 0.3) is 0 Å². The molecule has 256 valence electrons. The number of hydrogen-bond donors (Lipinski definition) is 2. The molecule has 0 heterocycles. The van der Waals surface area contributed by atoms with Crippen molar-refractivity contribution < 1.29 is 37.6 Å². The van der Waals surface area contributed by atoms with E-state index in [1.807, 2.05) is 0 Å². The Morgan fingerprint density at radius 3 is 1.42 bits per heavy atom. The van der Waals surface area contributed by atoms with Gasteiger partial charge in [-0.05, 0) is 12.8 Å². The van der Waals surface area contributed by atoms with Gasteiger partial charge in [-0.1, -0.05) is 142 Å². The lowest BCUT2D eigenvalue weighted by Crippen LogP contribution is -2.29. The molecule has 0 saturated heterocycles. The van der Waals surface area contributed by atoms with Crippen molar-refractivity contribution >= 4 is 19.8 Å². The summed E-state index contributed by atoms with van der Waals surface area (Å²) >= 11 is 0. The third-order valence-electron chi connectivity index (χ3n) is 7.49. The number of unbranched alkanes of at least 4 members (excludes halogenated alkanes) is 20. The van der Waals surface area contributed by atoms with Gasteiger partial charge in [-0.2, -0.15) is 0 Å². The lowest BCUT2D eigenvalue weighted by molar-refractivity contribution is -0.161. The molecule has 0 aliphatic carbocycles. The van der Waals surface area contributed by atoms with Crippen LogP contribution in [0.5, 0.6) is 0 Å². The highest BCUT2D eigenvalue weighted by molar-refractivity contribution is 7.47. The van der Waals surface area contributed by atoms with Crippen molar-refractivity contribution in [1.29, 1.82) is 0 Å². The largest absolute Gasteiger partial charge is 0.472 e. The first-order chi connectivity index (χ1) is 20.8. The number of esters is 2. The third-order valence-corrected chi connectivity index (χ3v) is 8.48. The first kappa shape index (κ1) is 42.0. The molecule has 1 unspecified atom stereocenters. The quantitative estimate of drug-likeness (QED) is 0.0411. The molecule has 2 atom stereocenters. The van der Waals surface area contributed by atoms with E-state index in [1.165, 1.54) is 96.3 Å². The molecule has 0 aliphatic rings. The van der Waals surface area contributed by atoms with Gasteiger partial charge in [-0.15, -0.1) is 0 Å². The fourth-order valence-electron chi connectivity index (χ4n) is 4.87. The molecule has 0 aromatic carbocycles. The van der Waals surface area contributed by atoms with Gasteiger partial charge in [-0.25, -0.2) is 4.57 Å². The number of hydrogen-bond acceptors (Lipinski definition) is 8. The topological polar surface area (TPSA) is 134 Å². The second kappa shape index (κ2) is 31.0. The van der Waals surface area contributed by atoms with Gasteiger partial charge in [0.25, 0.3) is 0 Å². The fourth-order valence-corrected chi connectivity index (χ4v) is 5.63. The van der Waals surface area contributed by atoms with Gasteiger partial charge in [0.2, 0.25) is 0 Å². The average Bonchev–Trinajstić information content (AvgIpc) is 2.99. The summed E-state index contributed by atoms with van der Waals surface area (Å²) < 4.78 is 32.5. The number of phosphoric acid groups is 1. The Hall–Kier alpha value is -0.990. The molecule has 0 aliphatic heterocycles. The van der Waals surface area contributed by atoms with Crippen LogP contribution in [0.1, 0.15) is 168 Å². The first-order valence-corrected chi connectivity index (χ1v) is 19.0. The molecule has 0 saturated carbocycles. The van der Waals surface area contributed by atoms with Gasteiger partial charge in [0.1, 0.15) is 6.61 Å². The third kappa shape index (κ3) is 30.8. The summed E-state index contributed by atoms with van der Waals surface area (Å²) in [6, 6.07) is 0. The summed E-state index contributed by atoms with van der Waals surface area (Å²) in [6.45, 7) is 3.69. The van der Waals surface area contributed by atoms with E-state index in [2.05, 4.69) is 13.8 Å². The van der Waals surface area contributed by atoms with Crippen molar-refractivity contribution in [3.05, 3.63) is 0 Å².